The Bertz CT molecular complexity index is 567. The van der Waals surface area contributed by atoms with Crippen molar-refractivity contribution < 1.29 is 14.7 Å². The number of carbonyl (C=O) groups is 2. The average molecular weight is 273 g/mol. The largest absolute Gasteiger partial charge is 0.481 e. The molecule has 0 aliphatic heterocycles. The molecule has 0 bridgehead atoms. The first-order valence-corrected chi connectivity index (χ1v) is 6.23. The molecule has 6 nitrogen and oxygen atoms in total. The van der Waals surface area contributed by atoms with Crippen LogP contribution in [0.25, 0.3) is 0 Å². The Balaban J connectivity index is 2.10. The zero-order valence-electron chi connectivity index (χ0n) is 10.7. The van der Waals surface area contributed by atoms with Crippen molar-refractivity contribution in [2.45, 2.75) is 18.9 Å². The first-order chi connectivity index (χ1) is 9.66. The molecule has 1 aromatic carbocycles. The van der Waals surface area contributed by atoms with Gasteiger partial charge in [-0.05, 0) is 12.0 Å². The molecule has 0 radical (unpaired) electrons. The highest BCUT2D eigenvalue weighted by molar-refractivity contribution is 5.92. The lowest BCUT2D eigenvalue weighted by Gasteiger charge is -2.18. The van der Waals surface area contributed by atoms with Crippen molar-refractivity contribution in [3.63, 3.8) is 0 Å². The van der Waals surface area contributed by atoms with Crippen LogP contribution >= 0.6 is 0 Å². The lowest BCUT2D eigenvalue weighted by Crippen LogP contribution is -2.29. The van der Waals surface area contributed by atoms with Crippen LogP contribution in [0, 0.1) is 0 Å². The Morgan fingerprint density at radius 2 is 2.05 bits per heavy atom. The molecule has 0 fully saturated rings. The number of aromatic amines is 1. The predicted molar refractivity (Wildman–Crippen MR) is 72.1 cm³/mol. The molecule has 6 heteroatoms. The summed E-state index contributed by atoms with van der Waals surface area (Å²) in [5.41, 5.74) is 1.22. The maximum absolute atomic E-state index is 12.0. The molecule has 0 saturated heterocycles. The molecule has 20 heavy (non-hydrogen) atoms. The van der Waals surface area contributed by atoms with Gasteiger partial charge in [-0.25, -0.2) is 4.98 Å². The topological polar surface area (TPSA) is 95.1 Å². The summed E-state index contributed by atoms with van der Waals surface area (Å²) >= 11 is 0. The monoisotopic (exact) mass is 273 g/mol. The van der Waals surface area contributed by atoms with Gasteiger partial charge in [0.25, 0.3) is 5.91 Å². The number of carbonyl (C=O) groups excluding carboxylic acids is 1. The number of nitrogens with one attached hydrogen (secondary N) is 2. The number of aromatic nitrogens is 2. The Morgan fingerprint density at radius 1 is 1.30 bits per heavy atom. The van der Waals surface area contributed by atoms with E-state index in [4.69, 9.17) is 5.11 Å². The van der Waals surface area contributed by atoms with Gasteiger partial charge < -0.3 is 15.4 Å². The summed E-state index contributed by atoms with van der Waals surface area (Å²) < 4.78 is 0. The molecule has 1 heterocycles. The fourth-order valence-electron chi connectivity index (χ4n) is 1.89. The molecule has 1 unspecified atom stereocenters. The van der Waals surface area contributed by atoms with Gasteiger partial charge in [0.2, 0.25) is 0 Å². The first kappa shape index (κ1) is 13.8. The van der Waals surface area contributed by atoms with Crippen LogP contribution in [-0.4, -0.2) is 27.0 Å². The van der Waals surface area contributed by atoms with Crippen molar-refractivity contribution in [2.24, 2.45) is 0 Å². The lowest BCUT2D eigenvalue weighted by atomic mass is 10.0. The number of aliphatic carboxylic acids is 1. The van der Waals surface area contributed by atoms with Crippen LogP contribution in [0.1, 0.15) is 34.9 Å². The van der Waals surface area contributed by atoms with Gasteiger partial charge in [0.1, 0.15) is 5.69 Å². The van der Waals surface area contributed by atoms with Gasteiger partial charge in [0.15, 0.2) is 0 Å². The Labute approximate surface area is 115 Å². The van der Waals surface area contributed by atoms with E-state index in [-0.39, 0.29) is 18.4 Å². The van der Waals surface area contributed by atoms with Gasteiger partial charge in [-0.15, -0.1) is 0 Å². The number of H-pyrrole nitrogens is 1. The van der Waals surface area contributed by atoms with Crippen molar-refractivity contribution in [2.75, 3.05) is 0 Å². The van der Waals surface area contributed by atoms with E-state index in [1.54, 1.807) is 0 Å². The zero-order valence-corrected chi connectivity index (χ0v) is 10.7. The Kier molecular flexibility index (Phi) is 4.49. The van der Waals surface area contributed by atoms with Gasteiger partial charge >= 0.3 is 5.97 Å². The molecule has 1 aromatic heterocycles. The number of imidazole rings is 1. The predicted octanol–water partition coefficient (Wildman–Crippen LogP) is 1.75. The number of benzene rings is 1. The molecule has 2 rings (SSSR count). The normalized spacial score (nSPS) is 11.8. The second kappa shape index (κ2) is 6.51. The van der Waals surface area contributed by atoms with Crippen molar-refractivity contribution in [1.29, 1.82) is 0 Å². The molecule has 2 aromatic rings. The van der Waals surface area contributed by atoms with Crippen LogP contribution in [0.3, 0.4) is 0 Å². The first-order valence-electron chi connectivity index (χ1n) is 6.23. The highest BCUT2D eigenvalue weighted by atomic mass is 16.4. The molecular formula is C14H15N3O3. The third kappa shape index (κ3) is 3.68. The van der Waals surface area contributed by atoms with E-state index in [1.165, 1.54) is 12.5 Å². The van der Waals surface area contributed by atoms with Crippen molar-refractivity contribution in [3.8, 4) is 0 Å². The van der Waals surface area contributed by atoms with Gasteiger partial charge in [0, 0.05) is 6.42 Å². The molecule has 3 N–H and O–H groups in total. The number of amides is 1. The molecular weight excluding hydrogens is 258 g/mol. The summed E-state index contributed by atoms with van der Waals surface area (Å²) in [7, 11) is 0. The minimum Gasteiger partial charge on any atom is -0.481 e. The second-order valence-corrected chi connectivity index (χ2v) is 4.33. The third-order valence-corrected chi connectivity index (χ3v) is 2.90. The van der Waals surface area contributed by atoms with E-state index >= 15 is 0 Å². The van der Waals surface area contributed by atoms with Crippen LogP contribution in [0.5, 0.6) is 0 Å². The van der Waals surface area contributed by atoms with E-state index in [9.17, 15) is 9.59 Å². The standard InChI is InChI=1S/C14H15N3O3/c18-13(19)7-6-11(10-4-2-1-3-5-10)17-14(20)12-8-15-9-16-12/h1-5,8-9,11H,6-7H2,(H,15,16)(H,17,20)(H,18,19). The van der Waals surface area contributed by atoms with E-state index < -0.39 is 5.97 Å². The van der Waals surface area contributed by atoms with Crippen LogP contribution < -0.4 is 5.32 Å². The molecule has 1 atom stereocenters. The number of carboxylic acid groups (broad SMARTS) is 1. The lowest BCUT2D eigenvalue weighted by molar-refractivity contribution is -0.137. The molecule has 104 valence electrons. The van der Waals surface area contributed by atoms with E-state index in [1.807, 2.05) is 30.3 Å². The summed E-state index contributed by atoms with van der Waals surface area (Å²) in [5.74, 6) is -1.19. The minimum atomic E-state index is -0.887. The fourth-order valence-corrected chi connectivity index (χ4v) is 1.89. The van der Waals surface area contributed by atoms with E-state index in [0.717, 1.165) is 5.56 Å². The summed E-state index contributed by atoms with van der Waals surface area (Å²) in [6, 6.07) is 8.95. The molecule has 0 spiro atoms. The number of hydrogen-bond acceptors (Lipinski definition) is 3. The van der Waals surface area contributed by atoms with Gasteiger partial charge in [-0.2, -0.15) is 0 Å². The molecule has 0 aliphatic carbocycles. The summed E-state index contributed by atoms with van der Waals surface area (Å²) in [5, 5.41) is 11.6. The zero-order chi connectivity index (χ0) is 14.4. The van der Waals surface area contributed by atoms with Crippen LogP contribution in [0.4, 0.5) is 0 Å². The second-order valence-electron chi connectivity index (χ2n) is 4.33. The molecule has 0 saturated carbocycles. The summed E-state index contributed by atoms with van der Waals surface area (Å²) in [6.07, 6.45) is 3.17. The Morgan fingerprint density at radius 3 is 2.65 bits per heavy atom. The maximum atomic E-state index is 12.0. The third-order valence-electron chi connectivity index (χ3n) is 2.90. The van der Waals surface area contributed by atoms with Crippen LogP contribution in [0.2, 0.25) is 0 Å². The number of hydrogen-bond donors (Lipinski definition) is 3. The average Bonchev–Trinajstić information content (AvgIpc) is 2.98. The summed E-state index contributed by atoms with van der Waals surface area (Å²) in [6.45, 7) is 0. The van der Waals surface area contributed by atoms with Gasteiger partial charge in [-0.1, -0.05) is 30.3 Å². The molecule has 1 amide bonds. The van der Waals surface area contributed by atoms with E-state index in [2.05, 4.69) is 15.3 Å². The maximum Gasteiger partial charge on any atom is 0.303 e. The quantitative estimate of drug-likeness (QED) is 0.747. The highest BCUT2D eigenvalue weighted by Crippen LogP contribution is 2.18. The van der Waals surface area contributed by atoms with Crippen LogP contribution in [-0.2, 0) is 4.79 Å². The Hall–Kier alpha value is -2.63. The number of nitrogens with zero attached hydrogens (tertiary/aromatic N) is 1. The summed E-state index contributed by atoms with van der Waals surface area (Å²) in [4.78, 5) is 29.2. The highest BCUT2D eigenvalue weighted by Gasteiger charge is 2.17. The van der Waals surface area contributed by atoms with E-state index in [0.29, 0.717) is 12.1 Å². The van der Waals surface area contributed by atoms with Crippen molar-refractivity contribution in [3.05, 3.63) is 54.1 Å². The number of carboxylic acids is 1. The SMILES string of the molecule is O=C(O)CCC(NC(=O)c1cnc[nH]1)c1ccccc1. The minimum absolute atomic E-state index is 0.0111. The van der Waals surface area contributed by atoms with Gasteiger partial charge in [0.05, 0.1) is 18.6 Å². The van der Waals surface area contributed by atoms with Crippen molar-refractivity contribution in [1.82, 2.24) is 15.3 Å². The molecule has 0 aliphatic rings. The van der Waals surface area contributed by atoms with Gasteiger partial charge in [-0.3, -0.25) is 9.59 Å². The van der Waals surface area contributed by atoms with Crippen LogP contribution in [0.15, 0.2) is 42.9 Å². The smallest absolute Gasteiger partial charge is 0.303 e. The van der Waals surface area contributed by atoms with Crippen molar-refractivity contribution >= 4 is 11.9 Å². The number of rotatable bonds is 6. The fraction of sp³-hybridized carbons (Fsp3) is 0.214.